The summed E-state index contributed by atoms with van der Waals surface area (Å²) in [4.78, 5) is 0. The van der Waals surface area contributed by atoms with Crippen LogP contribution in [0.25, 0.3) is 0 Å². The predicted molar refractivity (Wildman–Crippen MR) is 49.1 cm³/mol. The summed E-state index contributed by atoms with van der Waals surface area (Å²) < 4.78 is 36.8. The highest BCUT2D eigenvalue weighted by molar-refractivity contribution is 6.31. The molecule has 2 N–H and O–H groups in total. The maximum atomic E-state index is 12.3. The standard InChI is InChI=1S/C9H9ClF3N/c1-5(14)7-4-6(9(11,12)13)2-3-8(7)10/h2-5H,14H2,1H3. The van der Waals surface area contributed by atoms with E-state index in [1.54, 1.807) is 6.92 Å². The van der Waals surface area contributed by atoms with E-state index in [9.17, 15) is 13.2 Å². The number of nitrogens with two attached hydrogens (primary N) is 1. The van der Waals surface area contributed by atoms with Crippen LogP contribution in [0, 0.1) is 0 Å². The lowest BCUT2D eigenvalue weighted by Gasteiger charge is -2.12. The van der Waals surface area contributed by atoms with E-state index in [0.29, 0.717) is 5.56 Å². The molecule has 0 radical (unpaired) electrons. The van der Waals surface area contributed by atoms with Crippen LogP contribution < -0.4 is 5.73 Å². The van der Waals surface area contributed by atoms with Crippen LogP contribution in [0.3, 0.4) is 0 Å². The van der Waals surface area contributed by atoms with Crippen molar-refractivity contribution in [3.63, 3.8) is 0 Å². The number of hydrogen-bond acceptors (Lipinski definition) is 1. The smallest absolute Gasteiger partial charge is 0.324 e. The third-order valence-corrected chi connectivity index (χ3v) is 2.16. The van der Waals surface area contributed by atoms with Gasteiger partial charge in [-0.25, -0.2) is 0 Å². The first-order valence-electron chi connectivity index (χ1n) is 3.94. The van der Waals surface area contributed by atoms with Gasteiger partial charge in [0.2, 0.25) is 0 Å². The average Bonchev–Trinajstić information content (AvgIpc) is 2.02. The SMILES string of the molecule is CC(N)c1cc(C(F)(F)F)ccc1Cl. The van der Waals surface area contributed by atoms with Crippen molar-refractivity contribution in [2.24, 2.45) is 5.73 Å². The monoisotopic (exact) mass is 223 g/mol. The van der Waals surface area contributed by atoms with Crippen LogP contribution in [-0.4, -0.2) is 0 Å². The van der Waals surface area contributed by atoms with Crippen molar-refractivity contribution in [2.75, 3.05) is 0 Å². The van der Waals surface area contributed by atoms with Gasteiger partial charge in [-0.15, -0.1) is 0 Å². The Hall–Kier alpha value is -0.740. The summed E-state index contributed by atoms with van der Waals surface area (Å²) in [6, 6.07) is 2.62. The van der Waals surface area contributed by atoms with Gasteiger partial charge in [-0.2, -0.15) is 13.2 Å². The van der Waals surface area contributed by atoms with Gasteiger partial charge in [-0.3, -0.25) is 0 Å². The Morgan fingerprint density at radius 2 is 1.93 bits per heavy atom. The lowest BCUT2D eigenvalue weighted by atomic mass is 10.1. The first-order valence-corrected chi connectivity index (χ1v) is 4.32. The summed E-state index contributed by atoms with van der Waals surface area (Å²) >= 11 is 5.69. The highest BCUT2D eigenvalue weighted by Gasteiger charge is 2.31. The van der Waals surface area contributed by atoms with Gasteiger partial charge in [0.15, 0.2) is 0 Å². The second-order valence-corrected chi connectivity index (χ2v) is 3.43. The van der Waals surface area contributed by atoms with Crippen molar-refractivity contribution >= 4 is 11.6 Å². The number of alkyl halides is 3. The first-order chi connectivity index (χ1) is 6.32. The molecule has 0 spiro atoms. The molecule has 1 nitrogen and oxygen atoms in total. The third-order valence-electron chi connectivity index (χ3n) is 1.81. The topological polar surface area (TPSA) is 26.0 Å². The van der Waals surface area contributed by atoms with Crippen LogP contribution in [0.15, 0.2) is 18.2 Å². The molecule has 0 saturated heterocycles. The molecule has 1 rings (SSSR count). The van der Waals surface area contributed by atoms with E-state index in [4.69, 9.17) is 17.3 Å². The van der Waals surface area contributed by atoms with E-state index in [2.05, 4.69) is 0 Å². The lowest BCUT2D eigenvalue weighted by Crippen LogP contribution is -2.10. The molecule has 78 valence electrons. The Morgan fingerprint density at radius 3 is 2.36 bits per heavy atom. The van der Waals surface area contributed by atoms with E-state index < -0.39 is 17.8 Å². The Labute approximate surface area is 84.7 Å². The molecular weight excluding hydrogens is 215 g/mol. The zero-order valence-corrected chi connectivity index (χ0v) is 8.15. The van der Waals surface area contributed by atoms with Gasteiger partial charge in [-0.1, -0.05) is 11.6 Å². The zero-order valence-electron chi connectivity index (χ0n) is 7.40. The number of halogens is 4. The predicted octanol–water partition coefficient (Wildman–Crippen LogP) is 3.38. The number of rotatable bonds is 1. The minimum absolute atomic E-state index is 0.257. The van der Waals surface area contributed by atoms with E-state index >= 15 is 0 Å². The lowest BCUT2D eigenvalue weighted by molar-refractivity contribution is -0.137. The van der Waals surface area contributed by atoms with Gasteiger partial charge >= 0.3 is 6.18 Å². The van der Waals surface area contributed by atoms with Gasteiger partial charge in [0.05, 0.1) is 5.56 Å². The molecule has 0 amide bonds. The quantitative estimate of drug-likeness (QED) is 0.776. The third kappa shape index (κ3) is 2.39. The van der Waals surface area contributed by atoms with Crippen LogP contribution in [0.5, 0.6) is 0 Å². The Kier molecular flexibility index (Phi) is 3.07. The van der Waals surface area contributed by atoms with E-state index in [-0.39, 0.29) is 5.02 Å². The zero-order chi connectivity index (χ0) is 10.9. The summed E-state index contributed by atoms with van der Waals surface area (Å²) in [5, 5.41) is 0.257. The summed E-state index contributed by atoms with van der Waals surface area (Å²) in [7, 11) is 0. The molecule has 1 aromatic carbocycles. The average molecular weight is 224 g/mol. The summed E-state index contributed by atoms with van der Waals surface area (Å²) in [6.45, 7) is 1.58. The molecule has 0 heterocycles. The highest BCUT2D eigenvalue weighted by atomic mass is 35.5. The second kappa shape index (κ2) is 3.79. The minimum Gasteiger partial charge on any atom is -0.324 e. The Balaban J connectivity index is 3.20. The maximum absolute atomic E-state index is 12.3. The summed E-state index contributed by atoms with van der Waals surface area (Å²) in [6.07, 6.45) is -4.35. The fraction of sp³-hybridized carbons (Fsp3) is 0.333. The molecule has 0 saturated carbocycles. The molecule has 0 bridgehead atoms. The van der Waals surface area contributed by atoms with Gasteiger partial charge in [-0.05, 0) is 30.7 Å². The summed E-state index contributed by atoms with van der Waals surface area (Å²) in [5.41, 5.74) is 5.05. The fourth-order valence-corrected chi connectivity index (χ4v) is 1.36. The van der Waals surface area contributed by atoms with Gasteiger partial charge < -0.3 is 5.73 Å². The van der Waals surface area contributed by atoms with Crippen LogP contribution in [0.2, 0.25) is 5.02 Å². The molecule has 5 heteroatoms. The fourth-order valence-electron chi connectivity index (χ4n) is 1.07. The molecule has 0 aliphatic carbocycles. The van der Waals surface area contributed by atoms with Gasteiger partial charge in [0.25, 0.3) is 0 Å². The highest BCUT2D eigenvalue weighted by Crippen LogP contribution is 2.33. The van der Waals surface area contributed by atoms with Crippen molar-refractivity contribution in [3.8, 4) is 0 Å². The maximum Gasteiger partial charge on any atom is 0.416 e. The Bertz CT molecular complexity index is 333. The van der Waals surface area contributed by atoms with Gasteiger partial charge in [0.1, 0.15) is 0 Å². The molecule has 14 heavy (non-hydrogen) atoms. The number of benzene rings is 1. The van der Waals surface area contributed by atoms with E-state index in [1.165, 1.54) is 6.07 Å². The van der Waals surface area contributed by atoms with E-state index in [1.807, 2.05) is 0 Å². The number of hydrogen-bond donors (Lipinski definition) is 1. The van der Waals surface area contributed by atoms with Crippen LogP contribution in [-0.2, 0) is 6.18 Å². The molecule has 0 aliphatic rings. The van der Waals surface area contributed by atoms with Crippen LogP contribution >= 0.6 is 11.6 Å². The Morgan fingerprint density at radius 1 is 1.36 bits per heavy atom. The molecule has 1 atom stereocenters. The van der Waals surface area contributed by atoms with Crippen molar-refractivity contribution in [1.82, 2.24) is 0 Å². The molecule has 1 unspecified atom stereocenters. The largest absolute Gasteiger partial charge is 0.416 e. The van der Waals surface area contributed by atoms with Crippen LogP contribution in [0.1, 0.15) is 24.1 Å². The van der Waals surface area contributed by atoms with Crippen molar-refractivity contribution in [2.45, 2.75) is 19.1 Å². The molecule has 0 aromatic heterocycles. The first kappa shape index (κ1) is 11.3. The van der Waals surface area contributed by atoms with Crippen LogP contribution in [0.4, 0.5) is 13.2 Å². The minimum atomic E-state index is -4.35. The molecule has 0 aliphatic heterocycles. The van der Waals surface area contributed by atoms with Gasteiger partial charge in [0, 0.05) is 11.1 Å². The van der Waals surface area contributed by atoms with Crippen molar-refractivity contribution in [1.29, 1.82) is 0 Å². The van der Waals surface area contributed by atoms with Crippen molar-refractivity contribution < 1.29 is 13.2 Å². The van der Waals surface area contributed by atoms with E-state index in [0.717, 1.165) is 12.1 Å². The molecule has 0 fully saturated rings. The normalized spacial score (nSPS) is 14.1. The molecule has 1 aromatic rings. The second-order valence-electron chi connectivity index (χ2n) is 3.02. The van der Waals surface area contributed by atoms with Crippen molar-refractivity contribution in [3.05, 3.63) is 34.3 Å². The molecular formula is C9H9ClF3N. The summed E-state index contributed by atoms with van der Waals surface area (Å²) in [5.74, 6) is 0.